The molecule has 1 unspecified atom stereocenters. The van der Waals surface area contributed by atoms with Gasteiger partial charge in [0, 0.05) is 12.6 Å². The Labute approximate surface area is 137 Å². The molecular weight excluding hydrogens is 290 g/mol. The molecule has 2 aromatic rings. The summed E-state index contributed by atoms with van der Waals surface area (Å²) in [6.45, 7) is 0.721. The summed E-state index contributed by atoms with van der Waals surface area (Å²) in [5.41, 5.74) is 2.34. The van der Waals surface area contributed by atoms with Crippen LogP contribution in [0.25, 0.3) is 0 Å². The fraction of sp³-hybridized carbons (Fsp3) is 0.316. The second-order valence-electron chi connectivity index (χ2n) is 5.40. The van der Waals surface area contributed by atoms with Crippen LogP contribution in [0.4, 0.5) is 0 Å². The second kappa shape index (κ2) is 8.96. The molecule has 4 heteroatoms. The summed E-state index contributed by atoms with van der Waals surface area (Å²) in [5.74, 6) is 0.625. The topological polar surface area (TPSA) is 47.6 Å². The number of carbonyl (C=O) groups is 1. The molecule has 1 N–H and O–H groups in total. The molecule has 4 nitrogen and oxygen atoms in total. The van der Waals surface area contributed by atoms with Crippen LogP contribution in [-0.4, -0.2) is 26.2 Å². The first-order chi connectivity index (χ1) is 11.2. The summed E-state index contributed by atoms with van der Waals surface area (Å²) in [7, 11) is 3.07. The number of hydrogen-bond acceptors (Lipinski definition) is 4. The van der Waals surface area contributed by atoms with Crippen molar-refractivity contribution in [2.75, 3.05) is 14.2 Å². The minimum absolute atomic E-state index is 0.0241. The number of nitrogens with one attached hydrogen (secondary N) is 1. The highest BCUT2D eigenvalue weighted by molar-refractivity contribution is 5.70. The van der Waals surface area contributed by atoms with Gasteiger partial charge < -0.3 is 14.8 Å². The number of benzene rings is 2. The molecule has 2 aromatic carbocycles. The van der Waals surface area contributed by atoms with Crippen molar-refractivity contribution in [3.8, 4) is 5.75 Å². The SMILES string of the molecule is COC(=O)CC(Cc1ccc(OC)cc1)NCc1ccccc1. The van der Waals surface area contributed by atoms with Crippen molar-refractivity contribution in [2.45, 2.75) is 25.4 Å². The van der Waals surface area contributed by atoms with Crippen LogP contribution in [0.15, 0.2) is 54.6 Å². The molecule has 2 rings (SSSR count). The molecule has 0 saturated heterocycles. The summed E-state index contributed by atoms with van der Waals surface area (Å²) >= 11 is 0. The number of esters is 1. The van der Waals surface area contributed by atoms with Crippen LogP contribution in [0.1, 0.15) is 17.5 Å². The van der Waals surface area contributed by atoms with Gasteiger partial charge in [-0.25, -0.2) is 0 Å². The quantitative estimate of drug-likeness (QED) is 0.761. The van der Waals surface area contributed by atoms with Crippen LogP contribution >= 0.6 is 0 Å². The predicted molar refractivity (Wildman–Crippen MR) is 90.4 cm³/mol. The molecule has 0 aliphatic carbocycles. The van der Waals surface area contributed by atoms with Crippen molar-refractivity contribution in [1.82, 2.24) is 5.32 Å². The van der Waals surface area contributed by atoms with E-state index < -0.39 is 0 Å². The van der Waals surface area contributed by atoms with E-state index in [1.54, 1.807) is 7.11 Å². The highest BCUT2D eigenvalue weighted by Gasteiger charge is 2.14. The first-order valence-corrected chi connectivity index (χ1v) is 7.68. The lowest BCUT2D eigenvalue weighted by Crippen LogP contribution is -2.33. The maximum absolute atomic E-state index is 11.6. The molecule has 0 spiro atoms. The Balaban J connectivity index is 1.99. The molecule has 0 heterocycles. The number of methoxy groups -OCH3 is 2. The molecular formula is C19H23NO3. The van der Waals surface area contributed by atoms with E-state index in [0.717, 1.165) is 24.3 Å². The van der Waals surface area contributed by atoms with Gasteiger partial charge in [-0.3, -0.25) is 4.79 Å². The molecule has 0 aromatic heterocycles. The third-order valence-electron chi connectivity index (χ3n) is 3.72. The van der Waals surface area contributed by atoms with Crippen molar-refractivity contribution < 1.29 is 14.3 Å². The van der Waals surface area contributed by atoms with Gasteiger partial charge in [0.2, 0.25) is 0 Å². The number of rotatable bonds is 8. The Morgan fingerprint density at radius 2 is 1.70 bits per heavy atom. The Morgan fingerprint density at radius 1 is 1.00 bits per heavy atom. The van der Waals surface area contributed by atoms with Crippen LogP contribution in [-0.2, 0) is 22.5 Å². The van der Waals surface area contributed by atoms with Crippen molar-refractivity contribution in [3.05, 3.63) is 65.7 Å². The standard InChI is InChI=1S/C19H23NO3/c1-22-18-10-8-15(9-11-18)12-17(13-19(21)23-2)20-14-16-6-4-3-5-7-16/h3-11,17,20H,12-14H2,1-2H3. The van der Waals surface area contributed by atoms with Gasteiger partial charge in [-0.15, -0.1) is 0 Å². The number of carbonyl (C=O) groups excluding carboxylic acids is 1. The Bertz CT molecular complexity index is 596. The zero-order valence-corrected chi connectivity index (χ0v) is 13.6. The van der Waals surface area contributed by atoms with Gasteiger partial charge >= 0.3 is 5.97 Å². The fourth-order valence-corrected chi connectivity index (χ4v) is 2.41. The average molecular weight is 313 g/mol. The smallest absolute Gasteiger partial charge is 0.307 e. The van der Waals surface area contributed by atoms with E-state index in [1.165, 1.54) is 12.7 Å². The molecule has 0 aliphatic rings. The van der Waals surface area contributed by atoms with Crippen LogP contribution in [0.3, 0.4) is 0 Å². The van der Waals surface area contributed by atoms with Crippen LogP contribution < -0.4 is 10.1 Å². The summed E-state index contributed by atoms with van der Waals surface area (Å²) in [5, 5.41) is 3.45. The minimum Gasteiger partial charge on any atom is -0.497 e. The molecule has 23 heavy (non-hydrogen) atoms. The monoisotopic (exact) mass is 313 g/mol. The molecule has 1 atom stereocenters. The molecule has 122 valence electrons. The minimum atomic E-state index is -0.205. The maximum atomic E-state index is 11.6. The first-order valence-electron chi connectivity index (χ1n) is 7.68. The van der Waals surface area contributed by atoms with E-state index in [4.69, 9.17) is 9.47 Å². The van der Waals surface area contributed by atoms with E-state index in [1.807, 2.05) is 42.5 Å². The maximum Gasteiger partial charge on any atom is 0.307 e. The predicted octanol–water partition coefficient (Wildman–Crippen LogP) is 2.96. The zero-order valence-electron chi connectivity index (χ0n) is 13.6. The first kappa shape index (κ1) is 17.0. The molecule has 0 radical (unpaired) electrons. The largest absolute Gasteiger partial charge is 0.497 e. The average Bonchev–Trinajstić information content (AvgIpc) is 2.61. The van der Waals surface area contributed by atoms with Crippen LogP contribution in [0.2, 0.25) is 0 Å². The Hall–Kier alpha value is -2.33. The van der Waals surface area contributed by atoms with Crippen molar-refractivity contribution in [1.29, 1.82) is 0 Å². The molecule has 0 aliphatic heterocycles. The number of ether oxygens (including phenoxy) is 2. The Kier molecular flexibility index (Phi) is 6.63. The summed E-state index contributed by atoms with van der Waals surface area (Å²) in [6, 6.07) is 18.1. The molecule has 0 saturated carbocycles. The van der Waals surface area contributed by atoms with E-state index in [0.29, 0.717) is 6.42 Å². The van der Waals surface area contributed by atoms with Crippen molar-refractivity contribution >= 4 is 5.97 Å². The van der Waals surface area contributed by atoms with Gasteiger partial charge in [-0.2, -0.15) is 0 Å². The van der Waals surface area contributed by atoms with Crippen molar-refractivity contribution in [2.24, 2.45) is 0 Å². The molecule has 0 fully saturated rings. The lowest BCUT2D eigenvalue weighted by Gasteiger charge is -2.18. The summed E-state index contributed by atoms with van der Waals surface area (Å²) < 4.78 is 9.98. The lowest BCUT2D eigenvalue weighted by molar-refractivity contribution is -0.141. The molecule has 0 bridgehead atoms. The van der Waals surface area contributed by atoms with Gasteiger partial charge in [-0.1, -0.05) is 42.5 Å². The van der Waals surface area contributed by atoms with Gasteiger partial charge in [0.05, 0.1) is 20.6 Å². The third-order valence-corrected chi connectivity index (χ3v) is 3.72. The van der Waals surface area contributed by atoms with E-state index in [2.05, 4.69) is 17.4 Å². The fourth-order valence-electron chi connectivity index (χ4n) is 2.41. The highest BCUT2D eigenvalue weighted by atomic mass is 16.5. The van der Waals surface area contributed by atoms with Gasteiger partial charge in [0.1, 0.15) is 5.75 Å². The highest BCUT2D eigenvalue weighted by Crippen LogP contribution is 2.14. The van der Waals surface area contributed by atoms with Gasteiger partial charge in [0.25, 0.3) is 0 Å². The summed E-state index contributed by atoms with van der Waals surface area (Å²) in [6.07, 6.45) is 1.10. The van der Waals surface area contributed by atoms with Crippen LogP contribution in [0.5, 0.6) is 5.75 Å². The van der Waals surface area contributed by atoms with Crippen LogP contribution in [0, 0.1) is 0 Å². The summed E-state index contributed by atoms with van der Waals surface area (Å²) in [4.78, 5) is 11.6. The van der Waals surface area contributed by atoms with Gasteiger partial charge in [-0.05, 0) is 29.7 Å². The third kappa shape index (κ3) is 5.75. The van der Waals surface area contributed by atoms with Crippen molar-refractivity contribution in [3.63, 3.8) is 0 Å². The van der Waals surface area contributed by atoms with E-state index >= 15 is 0 Å². The molecule has 0 amide bonds. The van der Waals surface area contributed by atoms with Gasteiger partial charge in [0.15, 0.2) is 0 Å². The van der Waals surface area contributed by atoms with E-state index in [-0.39, 0.29) is 12.0 Å². The second-order valence-corrected chi connectivity index (χ2v) is 5.40. The van der Waals surface area contributed by atoms with E-state index in [9.17, 15) is 4.79 Å². The zero-order chi connectivity index (χ0) is 16.5. The normalized spacial score (nSPS) is 11.7. The number of hydrogen-bond donors (Lipinski definition) is 1. The lowest BCUT2D eigenvalue weighted by atomic mass is 10.0. The Morgan fingerprint density at radius 3 is 2.30 bits per heavy atom.